The summed E-state index contributed by atoms with van der Waals surface area (Å²) in [7, 11) is 0. The second-order valence-electron chi connectivity index (χ2n) is 6.34. The van der Waals surface area contributed by atoms with Crippen LogP contribution in [-0.4, -0.2) is 34.8 Å². The molecule has 2 aliphatic rings. The molecule has 0 aromatic carbocycles. The van der Waals surface area contributed by atoms with Crippen molar-refractivity contribution in [2.45, 2.75) is 38.3 Å². The highest BCUT2D eigenvalue weighted by Crippen LogP contribution is 2.46. The maximum Gasteiger partial charge on any atom is 0.419 e. The minimum absolute atomic E-state index is 0.0354. The van der Waals surface area contributed by atoms with Gasteiger partial charge in [-0.05, 0) is 25.0 Å². The van der Waals surface area contributed by atoms with E-state index in [0.717, 1.165) is 31.7 Å². The molecule has 2 fully saturated rings. The second kappa shape index (κ2) is 6.07. The lowest BCUT2D eigenvalue weighted by Gasteiger charge is -2.21. The van der Waals surface area contributed by atoms with Crippen molar-refractivity contribution in [1.29, 1.82) is 0 Å². The minimum Gasteiger partial charge on any atom is -0.368 e. The third kappa shape index (κ3) is 2.97. The number of amides is 2. The van der Waals surface area contributed by atoms with Gasteiger partial charge in [0, 0.05) is 25.7 Å². The highest BCUT2D eigenvalue weighted by Gasteiger charge is 2.52. The smallest absolute Gasteiger partial charge is 0.368 e. The van der Waals surface area contributed by atoms with Crippen LogP contribution in [0.15, 0.2) is 18.3 Å². The molecular weight excluding hydrogens is 323 g/mol. The van der Waals surface area contributed by atoms with Crippen molar-refractivity contribution in [3.05, 3.63) is 23.9 Å². The molecule has 5 nitrogen and oxygen atoms in total. The number of hydrogen-bond acceptors (Lipinski definition) is 4. The van der Waals surface area contributed by atoms with E-state index >= 15 is 0 Å². The number of halogens is 3. The zero-order chi connectivity index (χ0) is 17.4. The predicted molar refractivity (Wildman–Crippen MR) is 80.0 cm³/mol. The van der Waals surface area contributed by atoms with Crippen LogP contribution in [-0.2, 0) is 15.8 Å². The Balaban J connectivity index is 1.63. The summed E-state index contributed by atoms with van der Waals surface area (Å²) in [5.74, 6) is -0.704. The van der Waals surface area contributed by atoms with Crippen LogP contribution in [0.2, 0.25) is 0 Å². The molecule has 0 radical (unpaired) electrons. The lowest BCUT2D eigenvalue weighted by molar-refractivity contribution is -0.141. The fourth-order valence-corrected chi connectivity index (χ4v) is 3.59. The van der Waals surface area contributed by atoms with Crippen molar-refractivity contribution >= 4 is 17.6 Å². The van der Waals surface area contributed by atoms with Crippen LogP contribution in [0.4, 0.5) is 19.0 Å². The number of nitrogens with zero attached hydrogens (tertiary/aromatic N) is 2. The van der Waals surface area contributed by atoms with E-state index in [4.69, 9.17) is 0 Å². The van der Waals surface area contributed by atoms with E-state index in [2.05, 4.69) is 10.3 Å². The van der Waals surface area contributed by atoms with Gasteiger partial charge in [0.05, 0.1) is 11.0 Å². The highest BCUT2D eigenvalue weighted by atomic mass is 19.4. The number of carbonyl (C=O) groups is 2. The Bertz CT molecular complexity index is 654. The van der Waals surface area contributed by atoms with Gasteiger partial charge in [-0.3, -0.25) is 14.5 Å². The topological polar surface area (TPSA) is 62.3 Å². The number of imide groups is 1. The molecule has 0 unspecified atom stereocenters. The van der Waals surface area contributed by atoms with E-state index in [0.29, 0.717) is 0 Å². The summed E-state index contributed by atoms with van der Waals surface area (Å²) >= 11 is 0. The van der Waals surface area contributed by atoms with Crippen LogP contribution >= 0.6 is 0 Å². The van der Waals surface area contributed by atoms with Gasteiger partial charge in [-0.1, -0.05) is 12.8 Å². The normalized spacial score (nSPS) is 20.2. The molecule has 1 N–H and O–H groups in total. The van der Waals surface area contributed by atoms with Crippen molar-refractivity contribution in [3.8, 4) is 0 Å². The number of hydrogen-bond donors (Lipinski definition) is 1. The number of alkyl halides is 3. The SMILES string of the molecule is O=C1CC2(CCCC2)C(=O)N1CCNc1ncccc1C(F)(F)F. The minimum atomic E-state index is -4.51. The summed E-state index contributed by atoms with van der Waals surface area (Å²) < 4.78 is 38.7. The van der Waals surface area contributed by atoms with E-state index < -0.39 is 17.2 Å². The molecule has 1 saturated carbocycles. The summed E-state index contributed by atoms with van der Waals surface area (Å²) in [5.41, 5.74) is -1.42. The third-order valence-electron chi connectivity index (χ3n) is 4.79. The third-order valence-corrected chi connectivity index (χ3v) is 4.79. The number of nitrogens with one attached hydrogen (secondary N) is 1. The van der Waals surface area contributed by atoms with Crippen LogP contribution < -0.4 is 5.32 Å². The van der Waals surface area contributed by atoms with Gasteiger partial charge in [0.1, 0.15) is 5.82 Å². The molecule has 130 valence electrons. The summed E-state index contributed by atoms with van der Waals surface area (Å²) in [5, 5.41) is 2.59. The lowest BCUT2D eigenvalue weighted by atomic mass is 9.84. The van der Waals surface area contributed by atoms with Gasteiger partial charge in [0.2, 0.25) is 11.8 Å². The van der Waals surface area contributed by atoms with Gasteiger partial charge in [0.15, 0.2) is 0 Å². The van der Waals surface area contributed by atoms with E-state index in [1.807, 2.05) is 0 Å². The fraction of sp³-hybridized carbons (Fsp3) is 0.562. The summed E-state index contributed by atoms with van der Waals surface area (Å²) in [6.45, 7) is 0.0843. The molecule has 24 heavy (non-hydrogen) atoms. The van der Waals surface area contributed by atoms with E-state index in [-0.39, 0.29) is 37.1 Å². The summed E-state index contributed by atoms with van der Waals surface area (Å²) in [6, 6.07) is 2.15. The van der Waals surface area contributed by atoms with Gasteiger partial charge in [-0.2, -0.15) is 13.2 Å². The standard InChI is InChI=1S/C16H18F3N3O2/c17-16(18,19)11-4-3-7-20-13(11)21-8-9-22-12(23)10-15(14(22)24)5-1-2-6-15/h3-4,7H,1-2,5-6,8-10H2,(H,20,21). The summed E-state index contributed by atoms with van der Waals surface area (Å²) in [6.07, 6.45) is 0.298. The molecule has 8 heteroatoms. The Labute approximate surface area is 137 Å². The van der Waals surface area contributed by atoms with Crippen LogP contribution in [0.25, 0.3) is 0 Å². The maximum absolute atomic E-state index is 12.9. The van der Waals surface area contributed by atoms with E-state index in [9.17, 15) is 22.8 Å². The van der Waals surface area contributed by atoms with Crippen LogP contribution in [0.5, 0.6) is 0 Å². The molecule has 1 aliphatic heterocycles. The monoisotopic (exact) mass is 341 g/mol. The molecular formula is C16H18F3N3O2. The first-order chi connectivity index (χ1) is 11.3. The van der Waals surface area contributed by atoms with Crippen molar-refractivity contribution in [3.63, 3.8) is 0 Å². The number of likely N-dealkylation sites (tertiary alicyclic amines) is 1. The number of rotatable bonds is 4. The molecule has 1 aromatic rings. The maximum atomic E-state index is 12.9. The Morgan fingerprint density at radius 1 is 1.25 bits per heavy atom. The van der Waals surface area contributed by atoms with Crippen LogP contribution in [0.1, 0.15) is 37.7 Å². The zero-order valence-electron chi connectivity index (χ0n) is 13.0. The molecule has 1 aliphatic carbocycles. The molecule has 1 spiro atoms. The molecule has 0 bridgehead atoms. The lowest BCUT2D eigenvalue weighted by Crippen LogP contribution is -2.37. The average Bonchev–Trinajstić information content (AvgIpc) is 3.07. The van der Waals surface area contributed by atoms with Gasteiger partial charge in [0.25, 0.3) is 0 Å². The van der Waals surface area contributed by atoms with Gasteiger partial charge < -0.3 is 5.32 Å². The first-order valence-corrected chi connectivity index (χ1v) is 7.94. The molecule has 3 rings (SSSR count). The van der Waals surface area contributed by atoms with Gasteiger partial charge >= 0.3 is 6.18 Å². The second-order valence-corrected chi connectivity index (χ2v) is 6.34. The average molecular weight is 341 g/mol. The number of pyridine rings is 1. The van der Waals surface area contributed by atoms with E-state index in [1.165, 1.54) is 17.2 Å². The van der Waals surface area contributed by atoms with Crippen LogP contribution in [0.3, 0.4) is 0 Å². The van der Waals surface area contributed by atoms with Gasteiger partial charge in [-0.25, -0.2) is 4.98 Å². The molecule has 2 amide bonds. The quantitative estimate of drug-likeness (QED) is 0.856. The number of carbonyl (C=O) groups excluding carboxylic acids is 2. The van der Waals surface area contributed by atoms with Crippen molar-refractivity contribution < 1.29 is 22.8 Å². The highest BCUT2D eigenvalue weighted by molar-refractivity contribution is 6.06. The Kier molecular flexibility index (Phi) is 4.23. The molecule has 1 saturated heterocycles. The Morgan fingerprint density at radius 3 is 2.62 bits per heavy atom. The van der Waals surface area contributed by atoms with Gasteiger partial charge in [-0.15, -0.1) is 0 Å². The molecule has 2 heterocycles. The summed E-state index contributed by atoms with van der Waals surface area (Å²) in [4.78, 5) is 29.5. The Morgan fingerprint density at radius 2 is 1.96 bits per heavy atom. The number of anilines is 1. The molecule has 0 atom stereocenters. The first kappa shape index (κ1) is 16.7. The van der Waals surface area contributed by atoms with Crippen LogP contribution in [0, 0.1) is 5.41 Å². The Hall–Kier alpha value is -2.12. The van der Waals surface area contributed by atoms with Crippen molar-refractivity contribution in [1.82, 2.24) is 9.88 Å². The zero-order valence-corrected chi connectivity index (χ0v) is 13.0. The fourth-order valence-electron chi connectivity index (χ4n) is 3.59. The van der Waals surface area contributed by atoms with Crippen molar-refractivity contribution in [2.75, 3.05) is 18.4 Å². The predicted octanol–water partition coefficient (Wildman–Crippen LogP) is 2.83. The largest absolute Gasteiger partial charge is 0.419 e. The first-order valence-electron chi connectivity index (χ1n) is 7.94. The van der Waals surface area contributed by atoms with E-state index in [1.54, 1.807) is 0 Å². The van der Waals surface area contributed by atoms with Crippen molar-refractivity contribution in [2.24, 2.45) is 5.41 Å². The number of aromatic nitrogens is 1. The molecule has 1 aromatic heterocycles.